The summed E-state index contributed by atoms with van der Waals surface area (Å²) in [6.45, 7) is 1.36. The van der Waals surface area contributed by atoms with E-state index in [1.54, 1.807) is 23.7 Å². The van der Waals surface area contributed by atoms with E-state index in [1.807, 2.05) is 5.38 Å². The van der Waals surface area contributed by atoms with Crippen molar-refractivity contribution in [1.29, 1.82) is 0 Å². The lowest BCUT2D eigenvalue weighted by Crippen LogP contribution is -2.41. The third kappa shape index (κ3) is 5.66. The van der Waals surface area contributed by atoms with Gasteiger partial charge in [-0.05, 0) is 31.0 Å². The molecule has 0 bridgehead atoms. The van der Waals surface area contributed by atoms with Crippen molar-refractivity contribution in [3.63, 3.8) is 0 Å². The number of nitrogens with zero attached hydrogens (tertiary/aromatic N) is 2. The Morgan fingerprint density at radius 1 is 1.39 bits per heavy atom. The smallest absolute Gasteiger partial charge is 0.251 e. The Kier molecular flexibility index (Phi) is 6.92. The Hall–Kier alpha value is -1.68. The van der Waals surface area contributed by atoms with Crippen LogP contribution in [-0.4, -0.2) is 55.6 Å². The molecule has 0 unspecified atom stereocenters. The first-order chi connectivity index (χ1) is 13.3. The van der Waals surface area contributed by atoms with Gasteiger partial charge in [0, 0.05) is 37.0 Å². The average molecular weight is 444 g/mol. The molecule has 1 amide bonds. The van der Waals surface area contributed by atoms with Crippen LogP contribution in [0.1, 0.15) is 28.9 Å². The van der Waals surface area contributed by atoms with Crippen LogP contribution in [-0.2, 0) is 16.4 Å². The number of benzene rings is 1. The number of carbonyl (C=O) groups is 1. The summed E-state index contributed by atoms with van der Waals surface area (Å²) in [5.74, 6) is 0.295. The van der Waals surface area contributed by atoms with Crippen molar-refractivity contribution in [3.05, 3.63) is 45.4 Å². The van der Waals surface area contributed by atoms with Gasteiger partial charge in [-0.3, -0.25) is 4.79 Å². The van der Waals surface area contributed by atoms with E-state index >= 15 is 0 Å². The van der Waals surface area contributed by atoms with Gasteiger partial charge in [0.1, 0.15) is 11.9 Å². The fraction of sp³-hybridized carbons (Fsp3) is 0.444. The summed E-state index contributed by atoms with van der Waals surface area (Å²) in [7, 11) is -3.16. The molecule has 28 heavy (non-hydrogen) atoms. The minimum absolute atomic E-state index is 0.103. The zero-order valence-electron chi connectivity index (χ0n) is 15.4. The molecule has 0 saturated carbocycles. The van der Waals surface area contributed by atoms with Crippen molar-refractivity contribution in [2.24, 2.45) is 0 Å². The van der Waals surface area contributed by atoms with Crippen molar-refractivity contribution in [1.82, 2.24) is 14.6 Å². The van der Waals surface area contributed by atoms with Gasteiger partial charge in [-0.2, -0.15) is 0 Å². The van der Waals surface area contributed by atoms with Crippen molar-refractivity contribution < 1.29 is 17.9 Å². The van der Waals surface area contributed by atoms with Gasteiger partial charge in [0.15, 0.2) is 0 Å². The standard InChI is InChI=1S/C18H22ClN3O4S2/c1-28(24,25)22-8-5-15(6-9-22)26-17-3-2-13(10-16(17)19)18(23)20-7-4-14-11-27-12-21-14/h2-3,10-12,15H,4-9H2,1H3,(H,20,23). The summed E-state index contributed by atoms with van der Waals surface area (Å²) in [6, 6.07) is 4.94. The molecule has 0 radical (unpaired) electrons. The third-order valence-electron chi connectivity index (χ3n) is 4.51. The van der Waals surface area contributed by atoms with Crippen LogP contribution in [0.2, 0.25) is 5.02 Å². The van der Waals surface area contributed by atoms with Crippen molar-refractivity contribution >= 4 is 38.9 Å². The number of piperidine rings is 1. The zero-order chi connectivity index (χ0) is 20.1. The molecule has 2 heterocycles. The van der Waals surface area contributed by atoms with Crippen LogP contribution >= 0.6 is 22.9 Å². The highest BCUT2D eigenvalue weighted by Gasteiger charge is 2.26. The lowest BCUT2D eigenvalue weighted by molar-refractivity contribution is 0.0954. The second-order valence-corrected chi connectivity index (χ2v) is 9.72. The summed E-state index contributed by atoms with van der Waals surface area (Å²) < 4.78 is 30.5. The molecule has 3 rings (SSSR count). The lowest BCUT2D eigenvalue weighted by Gasteiger charge is -2.30. The maximum atomic E-state index is 12.3. The minimum Gasteiger partial charge on any atom is -0.489 e. The molecule has 1 saturated heterocycles. The van der Waals surface area contributed by atoms with E-state index < -0.39 is 10.0 Å². The van der Waals surface area contributed by atoms with Gasteiger partial charge in [-0.1, -0.05) is 11.6 Å². The number of amides is 1. The van der Waals surface area contributed by atoms with E-state index in [1.165, 1.54) is 21.9 Å². The molecule has 1 aromatic carbocycles. The zero-order valence-corrected chi connectivity index (χ0v) is 17.8. The van der Waals surface area contributed by atoms with Crippen LogP contribution in [0.4, 0.5) is 0 Å². The largest absolute Gasteiger partial charge is 0.489 e. The topological polar surface area (TPSA) is 88.6 Å². The Labute approximate surface area is 173 Å². The molecule has 1 aliphatic rings. The second-order valence-electron chi connectivity index (χ2n) is 6.61. The van der Waals surface area contributed by atoms with Crippen molar-refractivity contribution in [2.75, 3.05) is 25.9 Å². The van der Waals surface area contributed by atoms with E-state index in [9.17, 15) is 13.2 Å². The molecule has 7 nitrogen and oxygen atoms in total. The van der Waals surface area contributed by atoms with Gasteiger partial charge in [0.25, 0.3) is 5.91 Å². The number of nitrogens with one attached hydrogen (secondary N) is 1. The average Bonchev–Trinajstić information content (AvgIpc) is 3.16. The monoisotopic (exact) mass is 443 g/mol. The molecule has 2 aromatic rings. The van der Waals surface area contributed by atoms with Gasteiger partial charge in [0.05, 0.1) is 22.5 Å². The molecule has 1 N–H and O–H groups in total. The molecule has 10 heteroatoms. The van der Waals surface area contributed by atoms with E-state index in [0.29, 0.717) is 55.2 Å². The van der Waals surface area contributed by atoms with Gasteiger partial charge in [-0.25, -0.2) is 17.7 Å². The molecule has 0 aliphatic carbocycles. The van der Waals surface area contributed by atoms with Crippen LogP contribution in [0.15, 0.2) is 29.1 Å². The van der Waals surface area contributed by atoms with Crippen LogP contribution in [0.25, 0.3) is 0 Å². The molecular formula is C18H22ClN3O4S2. The maximum Gasteiger partial charge on any atom is 0.251 e. The SMILES string of the molecule is CS(=O)(=O)N1CCC(Oc2ccc(C(=O)NCCc3cscn3)cc2Cl)CC1. The number of halogens is 1. The predicted octanol–water partition coefficient (Wildman–Crippen LogP) is 2.57. The molecule has 1 aliphatic heterocycles. The number of rotatable bonds is 7. The van der Waals surface area contributed by atoms with Gasteiger partial charge < -0.3 is 10.1 Å². The number of sulfonamides is 1. The Morgan fingerprint density at radius 3 is 2.75 bits per heavy atom. The molecular weight excluding hydrogens is 422 g/mol. The molecule has 1 fully saturated rings. The van der Waals surface area contributed by atoms with Crippen LogP contribution in [0.5, 0.6) is 5.75 Å². The molecule has 0 atom stereocenters. The lowest BCUT2D eigenvalue weighted by atomic mass is 10.1. The van der Waals surface area contributed by atoms with E-state index in [4.69, 9.17) is 16.3 Å². The Morgan fingerprint density at radius 2 is 2.14 bits per heavy atom. The van der Waals surface area contributed by atoms with Gasteiger partial charge >= 0.3 is 0 Å². The van der Waals surface area contributed by atoms with Gasteiger partial charge in [0.2, 0.25) is 10.0 Å². The van der Waals surface area contributed by atoms with E-state index in [2.05, 4.69) is 10.3 Å². The number of carbonyl (C=O) groups excluding carboxylic acids is 1. The normalized spacial score (nSPS) is 16.1. The minimum atomic E-state index is -3.16. The maximum absolute atomic E-state index is 12.3. The number of hydrogen-bond acceptors (Lipinski definition) is 6. The summed E-state index contributed by atoms with van der Waals surface area (Å²) in [4.78, 5) is 16.4. The Bertz CT molecular complexity index is 911. The first kappa shape index (κ1) is 21.0. The van der Waals surface area contributed by atoms with Crippen LogP contribution in [0.3, 0.4) is 0 Å². The molecule has 1 aromatic heterocycles. The number of aromatic nitrogens is 1. The van der Waals surface area contributed by atoms with Crippen molar-refractivity contribution in [2.45, 2.75) is 25.4 Å². The van der Waals surface area contributed by atoms with Crippen LogP contribution in [0, 0.1) is 0 Å². The first-order valence-corrected chi connectivity index (χ1v) is 12.1. The summed E-state index contributed by atoms with van der Waals surface area (Å²) >= 11 is 7.82. The third-order valence-corrected chi connectivity index (χ3v) is 6.74. The first-order valence-electron chi connectivity index (χ1n) is 8.89. The Balaban J connectivity index is 1.51. The molecule has 152 valence electrons. The predicted molar refractivity (Wildman–Crippen MR) is 110 cm³/mol. The summed E-state index contributed by atoms with van der Waals surface area (Å²) in [6.07, 6.45) is 2.99. The van der Waals surface area contributed by atoms with E-state index in [-0.39, 0.29) is 12.0 Å². The van der Waals surface area contributed by atoms with Crippen LogP contribution < -0.4 is 10.1 Å². The van der Waals surface area contributed by atoms with E-state index in [0.717, 1.165) is 5.69 Å². The van der Waals surface area contributed by atoms with Crippen molar-refractivity contribution in [3.8, 4) is 5.75 Å². The summed E-state index contributed by atoms with van der Waals surface area (Å²) in [5, 5.41) is 5.16. The number of ether oxygens (including phenoxy) is 1. The second kappa shape index (κ2) is 9.21. The fourth-order valence-electron chi connectivity index (χ4n) is 2.97. The molecule has 0 spiro atoms. The number of thiazole rings is 1. The quantitative estimate of drug-likeness (QED) is 0.710. The fourth-order valence-corrected chi connectivity index (χ4v) is 4.66. The van der Waals surface area contributed by atoms with Gasteiger partial charge in [-0.15, -0.1) is 11.3 Å². The highest BCUT2D eigenvalue weighted by atomic mass is 35.5. The highest BCUT2D eigenvalue weighted by Crippen LogP contribution is 2.28. The number of hydrogen-bond donors (Lipinski definition) is 1. The summed E-state index contributed by atoms with van der Waals surface area (Å²) in [5.41, 5.74) is 3.18. The highest BCUT2D eigenvalue weighted by molar-refractivity contribution is 7.88.